The molecule has 1 amide bonds. The molecule has 1 aromatic carbocycles. The van der Waals surface area contributed by atoms with Crippen LogP contribution in [0, 0.1) is 12.7 Å². The van der Waals surface area contributed by atoms with E-state index in [0.717, 1.165) is 11.4 Å². The number of hydrogen-bond acceptors (Lipinski definition) is 5. The Morgan fingerprint density at radius 1 is 1.37 bits per heavy atom. The maximum atomic E-state index is 12.7. The Hall–Kier alpha value is -1.47. The molecule has 0 aliphatic rings. The molecule has 7 heteroatoms. The SMILES string of the molecule is Cc1nsnc1CSCC(=O)Nc1ccc(F)cc1. The Kier molecular flexibility index (Phi) is 4.86. The van der Waals surface area contributed by atoms with Gasteiger partial charge in [-0.25, -0.2) is 4.39 Å². The van der Waals surface area contributed by atoms with Gasteiger partial charge in [0.25, 0.3) is 0 Å². The maximum Gasteiger partial charge on any atom is 0.234 e. The molecular formula is C12H12FN3OS2. The van der Waals surface area contributed by atoms with Gasteiger partial charge in [-0.05, 0) is 31.2 Å². The molecule has 0 atom stereocenters. The average molecular weight is 297 g/mol. The molecule has 0 saturated heterocycles. The number of nitrogens with zero attached hydrogens (tertiary/aromatic N) is 2. The van der Waals surface area contributed by atoms with Gasteiger partial charge in [0.1, 0.15) is 5.82 Å². The Morgan fingerprint density at radius 2 is 2.11 bits per heavy atom. The van der Waals surface area contributed by atoms with Gasteiger partial charge >= 0.3 is 0 Å². The molecule has 19 heavy (non-hydrogen) atoms. The number of hydrogen-bond donors (Lipinski definition) is 1. The molecule has 2 aromatic rings. The fourth-order valence-corrected chi connectivity index (χ4v) is 2.82. The normalized spacial score (nSPS) is 10.4. The van der Waals surface area contributed by atoms with E-state index in [-0.39, 0.29) is 11.7 Å². The summed E-state index contributed by atoms with van der Waals surface area (Å²) in [5.41, 5.74) is 2.43. The summed E-state index contributed by atoms with van der Waals surface area (Å²) in [5.74, 6) is 0.560. The lowest BCUT2D eigenvalue weighted by Crippen LogP contribution is -2.14. The van der Waals surface area contributed by atoms with E-state index in [1.54, 1.807) is 0 Å². The first-order valence-corrected chi connectivity index (χ1v) is 7.45. The van der Waals surface area contributed by atoms with Crippen molar-refractivity contribution in [1.29, 1.82) is 0 Å². The molecule has 2 rings (SSSR count). The predicted octanol–water partition coefficient (Wildman–Crippen LogP) is 2.86. The third kappa shape index (κ3) is 4.29. The van der Waals surface area contributed by atoms with Gasteiger partial charge in [0.2, 0.25) is 5.91 Å². The Balaban J connectivity index is 1.76. The average Bonchev–Trinajstić information content (AvgIpc) is 2.78. The highest BCUT2D eigenvalue weighted by molar-refractivity contribution is 7.99. The van der Waals surface area contributed by atoms with Gasteiger partial charge in [-0.2, -0.15) is 8.75 Å². The molecule has 0 fully saturated rings. The fraction of sp³-hybridized carbons (Fsp3) is 0.250. The zero-order valence-corrected chi connectivity index (χ0v) is 11.9. The standard InChI is InChI=1S/C12H12FN3OS2/c1-8-11(16-19-15-8)6-18-7-12(17)14-10-4-2-9(13)3-5-10/h2-5H,6-7H2,1H3,(H,14,17). The van der Waals surface area contributed by atoms with E-state index in [4.69, 9.17) is 0 Å². The number of anilines is 1. The first-order valence-electron chi connectivity index (χ1n) is 5.56. The summed E-state index contributed by atoms with van der Waals surface area (Å²) >= 11 is 2.65. The molecule has 1 N–H and O–H groups in total. The Labute approximate surface area is 118 Å². The van der Waals surface area contributed by atoms with Crippen molar-refractivity contribution >= 4 is 35.1 Å². The molecule has 100 valence electrons. The van der Waals surface area contributed by atoms with E-state index in [9.17, 15) is 9.18 Å². The summed E-state index contributed by atoms with van der Waals surface area (Å²) in [6, 6.07) is 5.69. The molecular weight excluding hydrogens is 285 g/mol. The number of aromatic nitrogens is 2. The van der Waals surface area contributed by atoms with Crippen LogP contribution in [0.4, 0.5) is 10.1 Å². The second kappa shape index (κ2) is 6.63. The fourth-order valence-electron chi connectivity index (χ4n) is 1.35. The summed E-state index contributed by atoms with van der Waals surface area (Å²) in [6.45, 7) is 1.90. The second-order valence-electron chi connectivity index (χ2n) is 3.84. The quantitative estimate of drug-likeness (QED) is 0.922. The van der Waals surface area contributed by atoms with Gasteiger partial charge in [0.05, 0.1) is 28.9 Å². The van der Waals surface area contributed by atoms with Crippen molar-refractivity contribution in [2.45, 2.75) is 12.7 Å². The molecule has 0 aliphatic carbocycles. The van der Waals surface area contributed by atoms with Crippen molar-refractivity contribution in [2.24, 2.45) is 0 Å². The predicted molar refractivity (Wildman–Crippen MR) is 75.8 cm³/mol. The highest BCUT2D eigenvalue weighted by Crippen LogP contribution is 2.15. The molecule has 0 unspecified atom stereocenters. The highest BCUT2D eigenvalue weighted by Gasteiger charge is 2.06. The minimum absolute atomic E-state index is 0.113. The molecule has 0 saturated carbocycles. The number of thioether (sulfide) groups is 1. The smallest absolute Gasteiger partial charge is 0.234 e. The Bertz CT molecular complexity index is 556. The van der Waals surface area contributed by atoms with E-state index in [1.807, 2.05) is 6.92 Å². The number of nitrogens with one attached hydrogen (secondary N) is 1. The van der Waals surface area contributed by atoms with Crippen molar-refractivity contribution in [3.63, 3.8) is 0 Å². The first kappa shape index (κ1) is 14.0. The van der Waals surface area contributed by atoms with Crippen LogP contribution in [-0.4, -0.2) is 20.4 Å². The van der Waals surface area contributed by atoms with Crippen LogP contribution in [0.3, 0.4) is 0 Å². The van der Waals surface area contributed by atoms with Crippen LogP contribution in [-0.2, 0) is 10.5 Å². The number of carbonyl (C=O) groups excluding carboxylic acids is 1. The summed E-state index contributed by atoms with van der Waals surface area (Å²) in [5, 5.41) is 2.70. The van der Waals surface area contributed by atoms with E-state index >= 15 is 0 Å². The number of carbonyl (C=O) groups is 1. The van der Waals surface area contributed by atoms with Crippen LogP contribution < -0.4 is 5.32 Å². The zero-order chi connectivity index (χ0) is 13.7. The molecule has 4 nitrogen and oxygen atoms in total. The third-order valence-electron chi connectivity index (χ3n) is 2.35. The van der Waals surface area contributed by atoms with Crippen LogP contribution in [0.5, 0.6) is 0 Å². The summed E-state index contributed by atoms with van der Waals surface area (Å²) in [4.78, 5) is 11.7. The lowest BCUT2D eigenvalue weighted by atomic mass is 10.3. The van der Waals surface area contributed by atoms with E-state index in [0.29, 0.717) is 17.2 Å². The zero-order valence-electron chi connectivity index (χ0n) is 10.2. The minimum atomic E-state index is -0.320. The van der Waals surface area contributed by atoms with Crippen LogP contribution in [0.25, 0.3) is 0 Å². The van der Waals surface area contributed by atoms with Crippen LogP contribution >= 0.6 is 23.5 Å². The van der Waals surface area contributed by atoms with Crippen LogP contribution in [0.15, 0.2) is 24.3 Å². The first-order chi connectivity index (χ1) is 9.15. The number of aryl methyl sites for hydroxylation is 1. The topological polar surface area (TPSA) is 54.9 Å². The summed E-state index contributed by atoms with van der Waals surface area (Å²) in [7, 11) is 0. The van der Waals surface area contributed by atoms with Crippen molar-refractivity contribution in [3.05, 3.63) is 41.5 Å². The van der Waals surface area contributed by atoms with Gasteiger partial charge < -0.3 is 5.32 Å². The van der Waals surface area contributed by atoms with Crippen molar-refractivity contribution < 1.29 is 9.18 Å². The molecule has 1 heterocycles. The van der Waals surface area contributed by atoms with Gasteiger partial charge in [0.15, 0.2) is 0 Å². The number of amides is 1. The van der Waals surface area contributed by atoms with Crippen molar-refractivity contribution in [1.82, 2.24) is 8.75 Å². The molecule has 0 bridgehead atoms. The lowest BCUT2D eigenvalue weighted by molar-refractivity contribution is -0.113. The van der Waals surface area contributed by atoms with Crippen molar-refractivity contribution in [3.8, 4) is 0 Å². The van der Waals surface area contributed by atoms with Crippen LogP contribution in [0.1, 0.15) is 11.4 Å². The number of rotatable bonds is 5. The second-order valence-corrected chi connectivity index (χ2v) is 5.36. The largest absolute Gasteiger partial charge is 0.325 e. The maximum absolute atomic E-state index is 12.7. The molecule has 0 aliphatic heterocycles. The van der Waals surface area contributed by atoms with Gasteiger partial charge in [-0.1, -0.05) is 0 Å². The van der Waals surface area contributed by atoms with Gasteiger partial charge in [0, 0.05) is 11.4 Å². The number of halogens is 1. The summed E-state index contributed by atoms with van der Waals surface area (Å²) in [6.07, 6.45) is 0. The van der Waals surface area contributed by atoms with Crippen LogP contribution in [0.2, 0.25) is 0 Å². The lowest BCUT2D eigenvalue weighted by Gasteiger charge is -2.04. The third-order valence-corrected chi connectivity index (χ3v) is 3.95. The highest BCUT2D eigenvalue weighted by atomic mass is 32.2. The van der Waals surface area contributed by atoms with E-state index in [1.165, 1.54) is 47.8 Å². The van der Waals surface area contributed by atoms with Gasteiger partial charge in [-0.15, -0.1) is 11.8 Å². The Morgan fingerprint density at radius 3 is 2.74 bits per heavy atom. The van der Waals surface area contributed by atoms with E-state index in [2.05, 4.69) is 14.1 Å². The van der Waals surface area contributed by atoms with Crippen molar-refractivity contribution in [2.75, 3.05) is 11.1 Å². The molecule has 1 aromatic heterocycles. The van der Waals surface area contributed by atoms with Gasteiger partial charge in [-0.3, -0.25) is 4.79 Å². The van der Waals surface area contributed by atoms with E-state index < -0.39 is 0 Å². The molecule has 0 spiro atoms. The number of benzene rings is 1. The monoisotopic (exact) mass is 297 g/mol. The summed E-state index contributed by atoms with van der Waals surface area (Å²) < 4.78 is 20.9. The minimum Gasteiger partial charge on any atom is -0.325 e. The molecule has 0 radical (unpaired) electrons.